The Kier molecular flexibility index (Phi) is 6.73. The van der Waals surface area contributed by atoms with Crippen molar-refractivity contribution in [2.45, 2.75) is 12.9 Å². The monoisotopic (exact) mass is 449 g/mol. The number of carbonyl (C=O) groups is 2. The van der Waals surface area contributed by atoms with Gasteiger partial charge in [-0.25, -0.2) is 9.67 Å². The van der Waals surface area contributed by atoms with Gasteiger partial charge in [0, 0.05) is 12.7 Å². The van der Waals surface area contributed by atoms with E-state index < -0.39 is 23.9 Å². The van der Waals surface area contributed by atoms with Gasteiger partial charge in [0.1, 0.15) is 5.75 Å². The van der Waals surface area contributed by atoms with Crippen LogP contribution in [0.25, 0.3) is 16.7 Å². The molecule has 1 aromatic carbocycles. The zero-order valence-corrected chi connectivity index (χ0v) is 16.5. The molecule has 0 saturated carbocycles. The van der Waals surface area contributed by atoms with Crippen LogP contribution in [0.3, 0.4) is 0 Å². The number of aliphatic hydroxyl groups excluding tert-OH is 1. The third-order valence-corrected chi connectivity index (χ3v) is 4.21. The molecule has 0 aliphatic rings. The Morgan fingerprint density at radius 1 is 1.19 bits per heavy atom. The average Bonchev–Trinajstić information content (AvgIpc) is 3.14. The fraction of sp³-hybridized carbons (Fsp3) is 0.200. The number of benzene rings is 1. The van der Waals surface area contributed by atoms with Crippen LogP contribution in [-0.2, 0) is 11.3 Å². The summed E-state index contributed by atoms with van der Waals surface area (Å²) in [7, 11) is 0. The first-order chi connectivity index (χ1) is 15.2. The van der Waals surface area contributed by atoms with E-state index in [0.29, 0.717) is 16.8 Å². The van der Waals surface area contributed by atoms with Crippen molar-refractivity contribution >= 4 is 22.8 Å². The average molecular weight is 449 g/mol. The minimum absolute atomic E-state index is 0.0278. The van der Waals surface area contributed by atoms with Gasteiger partial charge >= 0.3 is 6.36 Å². The number of halogens is 3. The molecule has 9 nitrogen and oxygen atoms in total. The molecule has 3 rings (SSSR count). The molecule has 0 saturated heterocycles. The molecule has 3 N–H and O–H groups in total. The minimum Gasteiger partial charge on any atom is -0.406 e. The fourth-order valence-corrected chi connectivity index (χ4v) is 2.90. The normalized spacial score (nSPS) is 11.2. The van der Waals surface area contributed by atoms with E-state index in [1.54, 1.807) is 0 Å². The molecule has 12 heteroatoms. The van der Waals surface area contributed by atoms with Crippen LogP contribution in [0, 0.1) is 0 Å². The van der Waals surface area contributed by atoms with E-state index in [1.807, 2.05) is 0 Å². The number of alkyl halides is 3. The number of pyridine rings is 1. The van der Waals surface area contributed by atoms with Crippen molar-refractivity contribution in [3.05, 3.63) is 60.4 Å². The third-order valence-electron chi connectivity index (χ3n) is 4.21. The van der Waals surface area contributed by atoms with Crippen LogP contribution in [-0.4, -0.2) is 51.2 Å². The number of aromatic nitrogens is 3. The van der Waals surface area contributed by atoms with Gasteiger partial charge in [-0.15, -0.1) is 13.2 Å². The van der Waals surface area contributed by atoms with Crippen molar-refractivity contribution < 1.29 is 32.6 Å². The number of rotatable bonds is 8. The van der Waals surface area contributed by atoms with Crippen LogP contribution in [0.15, 0.2) is 49.2 Å². The van der Waals surface area contributed by atoms with Gasteiger partial charge < -0.3 is 20.5 Å². The van der Waals surface area contributed by atoms with Crippen molar-refractivity contribution in [3.63, 3.8) is 0 Å². The maximum atomic E-state index is 12.6. The Morgan fingerprint density at radius 2 is 1.91 bits per heavy atom. The summed E-state index contributed by atoms with van der Waals surface area (Å²) in [5.74, 6) is -1.36. The maximum Gasteiger partial charge on any atom is 0.573 e. The summed E-state index contributed by atoms with van der Waals surface area (Å²) in [6.45, 7) is 3.08. The van der Waals surface area contributed by atoms with Gasteiger partial charge in [0.25, 0.3) is 5.91 Å². The van der Waals surface area contributed by atoms with Crippen LogP contribution in [0.5, 0.6) is 5.75 Å². The molecule has 3 aromatic rings. The highest BCUT2D eigenvalue weighted by molar-refractivity contribution is 6.06. The Labute approximate surface area is 179 Å². The molecule has 2 heterocycles. The smallest absolute Gasteiger partial charge is 0.406 e. The van der Waals surface area contributed by atoms with E-state index in [1.165, 1.54) is 29.1 Å². The number of fused-ring (bicyclic) bond motifs is 1. The zero-order valence-electron chi connectivity index (χ0n) is 16.5. The minimum atomic E-state index is -4.82. The highest BCUT2D eigenvalue weighted by Gasteiger charge is 2.31. The number of nitrogens with zero attached hydrogens (tertiary/aromatic N) is 3. The number of hydrogen-bond acceptors (Lipinski definition) is 6. The van der Waals surface area contributed by atoms with Crippen LogP contribution < -0.4 is 15.4 Å². The summed E-state index contributed by atoms with van der Waals surface area (Å²) in [4.78, 5) is 28.4. The molecule has 0 aliphatic heterocycles. The third kappa shape index (κ3) is 5.21. The molecule has 2 amide bonds. The second-order valence-electron chi connectivity index (χ2n) is 6.36. The summed E-state index contributed by atoms with van der Waals surface area (Å²) in [6, 6.07) is 6.39. The van der Waals surface area contributed by atoms with E-state index in [9.17, 15) is 22.8 Å². The van der Waals surface area contributed by atoms with Crippen LogP contribution in [0.2, 0.25) is 0 Å². The summed E-state index contributed by atoms with van der Waals surface area (Å²) >= 11 is 0. The first-order valence-electron chi connectivity index (χ1n) is 9.25. The Morgan fingerprint density at radius 3 is 2.53 bits per heavy atom. The second kappa shape index (κ2) is 9.47. The Hall–Kier alpha value is -3.93. The predicted octanol–water partition coefficient (Wildman–Crippen LogP) is 1.84. The summed E-state index contributed by atoms with van der Waals surface area (Å²) in [5.41, 5.74) is 1.10. The van der Waals surface area contributed by atoms with Crippen molar-refractivity contribution in [1.29, 1.82) is 0 Å². The van der Waals surface area contributed by atoms with E-state index in [2.05, 4.69) is 32.0 Å². The quantitative estimate of drug-likeness (QED) is 0.452. The molecule has 168 valence electrons. The van der Waals surface area contributed by atoms with E-state index in [4.69, 9.17) is 5.11 Å². The molecular formula is C20H18F3N5O4. The number of ether oxygens (including phenoxy) is 1. The Bertz CT molecular complexity index is 1140. The molecule has 0 radical (unpaired) electrons. The van der Waals surface area contributed by atoms with Gasteiger partial charge in [-0.05, 0) is 36.4 Å². The number of nitrogens with one attached hydrogen (secondary N) is 2. The van der Waals surface area contributed by atoms with Crippen molar-refractivity contribution in [2.75, 3.05) is 13.2 Å². The molecule has 2 aromatic heterocycles. The molecule has 0 unspecified atom stereocenters. The first kappa shape index (κ1) is 22.7. The topological polar surface area (TPSA) is 118 Å². The van der Waals surface area contributed by atoms with Crippen molar-refractivity contribution in [3.8, 4) is 11.4 Å². The van der Waals surface area contributed by atoms with E-state index in [0.717, 1.165) is 18.2 Å². The number of aliphatic hydroxyl groups is 1. The van der Waals surface area contributed by atoms with Gasteiger partial charge in [0.2, 0.25) is 5.91 Å². The maximum absolute atomic E-state index is 12.6. The number of carbonyl (C=O) groups excluding carboxylic acids is 2. The van der Waals surface area contributed by atoms with Crippen LogP contribution >= 0.6 is 0 Å². The summed E-state index contributed by atoms with van der Waals surface area (Å²) in [5, 5.41) is 18.8. The predicted molar refractivity (Wildman–Crippen MR) is 107 cm³/mol. The van der Waals surface area contributed by atoms with Crippen LogP contribution in [0.4, 0.5) is 13.2 Å². The fourth-order valence-electron chi connectivity index (χ4n) is 2.90. The highest BCUT2D eigenvalue weighted by Crippen LogP contribution is 2.27. The molecule has 0 bridgehead atoms. The summed E-state index contributed by atoms with van der Waals surface area (Å²) < 4.78 is 42.5. The van der Waals surface area contributed by atoms with Gasteiger partial charge in [0.05, 0.1) is 35.5 Å². The van der Waals surface area contributed by atoms with Gasteiger partial charge in [0.15, 0.2) is 5.65 Å². The SMILES string of the molecule is C=CC(=O)NCc1nn(-c2ccc(OC(F)(F)F)cc2)c2nccc(C(=O)NCCO)c12. The number of amides is 2. The Balaban J connectivity index is 2.07. The lowest BCUT2D eigenvalue weighted by Gasteiger charge is -2.09. The van der Waals surface area contributed by atoms with Crippen molar-refractivity contribution in [2.24, 2.45) is 0 Å². The van der Waals surface area contributed by atoms with E-state index >= 15 is 0 Å². The largest absolute Gasteiger partial charge is 0.573 e. The van der Waals surface area contributed by atoms with Crippen molar-refractivity contribution in [1.82, 2.24) is 25.4 Å². The zero-order chi connectivity index (χ0) is 23.3. The molecule has 0 spiro atoms. The number of hydrogen-bond donors (Lipinski definition) is 3. The summed E-state index contributed by atoms with van der Waals surface area (Å²) in [6.07, 6.45) is -2.37. The van der Waals surface area contributed by atoms with E-state index in [-0.39, 0.29) is 30.9 Å². The lowest BCUT2D eigenvalue weighted by atomic mass is 10.1. The molecule has 0 aliphatic carbocycles. The van der Waals surface area contributed by atoms with Gasteiger partial charge in [-0.3, -0.25) is 9.59 Å². The molecule has 32 heavy (non-hydrogen) atoms. The first-order valence-corrected chi connectivity index (χ1v) is 9.25. The second-order valence-corrected chi connectivity index (χ2v) is 6.36. The molecule has 0 atom stereocenters. The lowest BCUT2D eigenvalue weighted by Crippen LogP contribution is -2.27. The van der Waals surface area contributed by atoms with Crippen LogP contribution in [0.1, 0.15) is 16.1 Å². The van der Waals surface area contributed by atoms with Gasteiger partial charge in [-0.2, -0.15) is 5.10 Å². The standard InChI is InChI=1S/C20H18F3N5O4/c1-2-16(30)26-11-15-17-14(19(31)25-9-10-29)7-8-24-18(17)28(27-15)12-3-5-13(6-4-12)32-20(21,22)23/h2-8,29H,1,9-11H2,(H,25,31)(H,26,30). The molecule has 0 fully saturated rings. The molecular weight excluding hydrogens is 431 g/mol. The van der Waals surface area contributed by atoms with Gasteiger partial charge in [-0.1, -0.05) is 6.58 Å². The highest BCUT2D eigenvalue weighted by atomic mass is 19.4. The lowest BCUT2D eigenvalue weighted by molar-refractivity contribution is -0.274.